The second-order valence-electron chi connectivity index (χ2n) is 9.81. The lowest BCUT2D eigenvalue weighted by Gasteiger charge is -2.33. The second-order valence-corrected chi connectivity index (χ2v) is 10.8. The summed E-state index contributed by atoms with van der Waals surface area (Å²) in [5.74, 6) is 0.277. The summed E-state index contributed by atoms with van der Waals surface area (Å²) in [5, 5.41) is 17.2. The van der Waals surface area contributed by atoms with Crippen molar-refractivity contribution in [3.63, 3.8) is 0 Å². The van der Waals surface area contributed by atoms with E-state index < -0.39 is 5.92 Å². The summed E-state index contributed by atoms with van der Waals surface area (Å²) in [7, 11) is 0. The van der Waals surface area contributed by atoms with Crippen LogP contribution in [0.4, 0.5) is 5.69 Å². The molecule has 0 radical (unpaired) electrons. The van der Waals surface area contributed by atoms with Gasteiger partial charge in [-0.3, -0.25) is 9.59 Å². The normalized spacial score (nSPS) is 16.6. The van der Waals surface area contributed by atoms with E-state index >= 15 is 0 Å². The van der Waals surface area contributed by atoms with E-state index in [2.05, 4.69) is 23.6 Å². The van der Waals surface area contributed by atoms with Gasteiger partial charge in [0.1, 0.15) is 12.4 Å². The first kappa shape index (κ1) is 27.3. The monoisotopic (exact) mass is 549 g/mol. The number of aryl methyl sites for hydroxylation is 1. The Labute approximate surface area is 239 Å². The van der Waals surface area contributed by atoms with Crippen LogP contribution in [0, 0.1) is 11.3 Å². The van der Waals surface area contributed by atoms with Crippen LogP contribution in [0.25, 0.3) is 0 Å². The number of ether oxygens (including phenoxy) is 1. The van der Waals surface area contributed by atoms with Gasteiger partial charge in [0.15, 0.2) is 5.78 Å². The summed E-state index contributed by atoms with van der Waals surface area (Å²) in [6, 6.07) is 27.7. The van der Waals surface area contributed by atoms with Gasteiger partial charge < -0.3 is 15.4 Å². The molecule has 1 heterocycles. The van der Waals surface area contributed by atoms with Gasteiger partial charge in [-0.15, -0.1) is 0 Å². The molecular weight excluding hydrogens is 518 g/mol. The Morgan fingerprint density at radius 3 is 2.48 bits per heavy atom. The van der Waals surface area contributed by atoms with Crippen LogP contribution in [0.15, 0.2) is 101 Å². The number of hydrogen-bond donors (Lipinski definition) is 2. The molecule has 6 nitrogen and oxygen atoms in total. The number of rotatable bonds is 9. The highest BCUT2D eigenvalue weighted by atomic mass is 32.2. The molecule has 202 valence electrons. The van der Waals surface area contributed by atoms with Gasteiger partial charge in [0.05, 0.1) is 28.3 Å². The molecule has 0 spiro atoms. The van der Waals surface area contributed by atoms with Crippen molar-refractivity contribution in [2.24, 2.45) is 0 Å². The van der Waals surface area contributed by atoms with Gasteiger partial charge in [-0.2, -0.15) is 5.26 Å². The number of allylic oxidation sites excluding steroid dienone is 3. The molecule has 3 aromatic carbocycles. The Kier molecular flexibility index (Phi) is 8.68. The molecule has 1 aliphatic heterocycles. The lowest BCUT2D eigenvalue weighted by Crippen LogP contribution is -2.31. The van der Waals surface area contributed by atoms with E-state index in [0.717, 1.165) is 41.8 Å². The molecule has 0 saturated carbocycles. The summed E-state index contributed by atoms with van der Waals surface area (Å²) in [5.41, 5.74) is 5.84. The summed E-state index contributed by atoms with van der Waals surface area (Å²) in [4.78, 5) is 25.8. The quantitative estimate of drug-likeness (QED) is 0.311. The number of ketones is 1. The molecule has 40 heavy (non-hydrogen) atoms. The minimum atomic E-state index is -0.482. The minimum Gasteiger partial charge on any atom is -0.489 e. The standard InChI is InChI=1S/C33H31N3O3S/c1-2-22-11-15-25(16-12-22)35-30(38)21-40-33-27(19-34)31(32-28(36-33)9-6-10-29(32)37)24-13-17-26(18-14-24)39-20-23-7-4-3-5-8-23/h3-5,7-8,11-18,31,36H,2,6,9-10,20-21H2,1H3,(H,35,38)/t31-/m0/s1. The van der Waals surface area contributed by atoms with Gasteiger partial charge in [-0.25, -0.2) is 0 Å². The highest BCUT2D eigenvalue weighted by molar-refractivity contribution is 8.03. The van der Waals surface area contributed by atoms with Crippen molar-refractivity contribution >= 4 is 29.1 Å². The maximum absolute atomic E-state index is 13.1. The molecule has 2 N–H and O–H groups in total. The molecule has 0 aromatic heterocycles. The molecule has 1 amide bonds. The van der Waals surface area contributed by atoms with Gasteiger partial charge >= 0.3 is 0 Å². The average Bonchev–Trinajstić information content (AvgIpc) is 2.99. The number of benzene rings is 3. The Morgan fingerprint density at radius 1 is 1.02 bits per heavy atom. The molecule has 0 bridgehead atoms. The van der Waals surface area contributed by atoms with Crippen molar-refractivity contribution in [2.45, 2.75) is 45.1 Å². The highest BCUT2D eigenvalue weighted by Gasteiger charge is 2.37. The molecule has 1 atom stereocenters. The van der Waals surface area contributed by atoms with Crippen molar-refractivity contribution in [2.75, 3.05) is 11.1 Å². The summed E-state index contributed by atoms with van der Waals surface area (Å²) in [6.45, 7) is 2.54. The fourth-order valence-corrected chi connectivity index (χ4v) is 5.89. The van der Waals surface area contributed by atoms with Crippen LogP contribution in [0.2, 0.25) is 0 Å². The number of carbonyl (C=O) groups is 2. The number of Topliss-reactive ketones (excluding diaryl/α,β-unsaturated/α-hetero) is 1. The predicted octanol–water partition coefficient (Wildman–Crippen LogP) is 6.63. The Hall–Kier alpha value is -4.28. The first-order valence-electron chi connectivity index (χ1n) is 13.5. The highest BCUT2D eigenvalue weighted by Crippen LogP contribution is 2.44. The number of amides is 1. The molecule has 1 aliphatic carbocycles. The molecule has 5 rings (SSSR count). The summed E-state index contributed by atoms with van der Waals surface area (Å²) in [6.07, 6.45) is 2.90. The molecule has 3 aromatic rings. The Morgan fingerprint density at radius 2 is 1.77 bits per heavy atom. The fourth-order valence-electron chi connectivity index (χ4n) is 5.03. The number of nitrogens with one attached hydrogen (secondary N) is 2. The van der Waals surface area contributed by atoms with E-state index in [1.165, 1.54) is 17.3 Å². The van der Waals surface area contributed by atoms with Gasteiger partial charge in [0, 0.05) is 23.4 Å². The molecule has 7 heteroatoms. The third kappa shape index (κ3) is 6.30. The van der Waals surface area contributed by atoms with E-state index in [4.69, 9.17) is 4.74 Å². The molecular formula is C33H31N3O3S. The number of hydrogen-bond acceptors (Lipinski definition) is 6. The van der Waals surface area contributed by atoms with Crippen LogP contribution in [0.1, 0.15) is 48.8 Å². The van der Waals surface area contributed by atoms with E-state index in [0.29, 0.717) is 35.0 Å². The van der Waals surface area contributed by atoms with Crippen LogP contribution in [0.5, 0.6) is 5.75 Å². The van der Waals surface area contributed by atoms with E-state index in [9.17, 15) is 14.9 Å². The maximum Gasteiger partial charge on any atom is 0.234 e. The van der Waals surface area contributed by atoms with Crippen LogP contribution < -0.4 is 15.4 Å². The number of carbonyl (C=O) groups excluding carboxylic acids is 2. The third-order valence-electron chi connectivity index (χ3n) is 7.12. The van der Waals surface area contributed by atoms with Crippen LogP contribution >= 0.6 is 11.8 Å². The van der Waals surface area contributed by atoms with E-state index in [-0.39, 0.29) is 17.4 Å². The zero-order valence-electron chi connectivity index (χ0n) is 22.4. The smallest absolute Gasteiger partial charge is 0.234 e. The number of dihydropyridines is 1. The average molecular weight is 550 g/mol. The van der Waals surface area contributed by atoms with E-state index in [1.807, 2.05) is 78.9 Å². The minimum absolute atomic E-state index is 0.0632. The summed E-state index contributed by atoms with van der Waals surface area (Å²) >= 11 is 1.29. The largest absolute Gasteiger partial charge is 0.489 e. The molecule has 0 fully saturated rings. The Bertz CT molecular complexity index is 1490. The number of nitriles is 1. The predicted molar refractivity (Wildman–Crippen MR) is 159 cm³/mol. The summed E-state index contributed by atoms with van der Waals surface area (Å²) < 4.78 is 5.95. The third-order valence-corrected chi connectivity index (χ3v) is 8.14. The van der Waals surface area contributed by atoms with Gasteiger partial charge in [-0.1, -0.05) is 73.3 Å². The Balaban J connectivity index is 1.35. The topological polar surface area (TPSA) is 91.2 Å². The van der Waals surface area contributed by atoms with Crippen molar-refractivity contribution in [3.8, 4) is 11.8 Å². The van der Waals surface area contributed by atoms with Gasteiger partial charge in [0.25, 0.3) is 0 Å². The maximum atomic E-state index is 13.1. The SMILES string of the molecule is CCc1ccc(NC(=O)CSC2=C(C#N)[C@H](c3ccc(OCc4ccccc4)cc3)C3=C(CCCC3=O)N2)cc1. The molecule has 2 aliphatic rings. The lowest BCUT2D eigenvalue weighted by molar-refractivity contribution is -0.116. The lowest BCUT2D eigenvalue weighted by atomic mass is 9.77. The van der Waals surface area contributed by atoms with Crippen LogP contribution in [0.3, 0.4) is 0 Å². The van der Waals surface area contributed by atoms with Crippen molar-refractivity contribution < 1.29 is 14.3 Å². The number of nitrogens with zero attached hydrogens (tertiary/aromatic N) is 1. The first-order chi connectivity index (χ1) is 19.6. The molecule has 0 unspecified atom stereocenters. The van der Waals surface area contributed by atoms with Crippen molar-refractivity contribution in [3.05, 3.63) is 117 Å². The number of anilines is 1. The van der Waals surface area contributed by atoms with Crippen LogP contribution in [-0.2, 0) is 22.6 Å². The zero-order valence-corrected chi connectivity index (χ0v) is 23.2. The molecule has 0 saturated heterocycles. The van der Waals surface area contributed by atoms with Crippen molar-refractivity contribution in [1.29, 1.82) is 5.26 Å². The van der Waals surface area contributed by atoms with E-state index in [1.54, 1.807) is 0 Å². The fraction of sp³-hybridized carbons (Fsp3) is 0.242. The van der Waals surface area contributed by atoms with Crippen LogP contribution in [-0.4, -0.2) is 17.4 Å². The van der Waals surface area contributed by atoms with Gasteiger partial charge in [0.2, 0.25) is 5.91 Å². The van der Waals surface area contributed by atoms with Gasteiger partial charge in [-0.05, 0) is 60.2 Å². The van der Waals surface area contributed by atoms with Crippen molar-refractivity contribution in [1.82, 2.24) is 5.32 Å². The zero-order chi connectivity index (χ0) is 27.9. The number of thioether (sulfide) groups is 1. The second kappa shape index (κ2) is 12.7. The first-order valence-corrected chi connectivity index (χ1v) is 14.5.